The van der Waals surface area contributed by atoms with Crippen LogP contribution in [0.2, 0.25) is 0 Å². The Morgan fingerprint density at radius 3 is 2.45 bits per heavy atom. The normalized spacial score (nSPS) is 10.9. The summed E-state index contributed by atoms with van der Waals surface area (Å²) in [6.45, 7) is 6.48. The lowest BCUT2D eigenvalue weighted by Gasteiger charge is -2.15. The molecule has 0 saturated carbocycles. The van der Waals surface area contributed by atoms with Crippen molar-refractivity contribution in [1.29, 1.82) is 0 Å². The maximum atomic E-state index is 11.6. The van der Waals surface area contributed by atoms with Crippen molar-refractivity contribution < 1.29 is 14.3 Å². The van der Waals surface area contributed by atoms with Crippen LogP contribution >= 0.6 is 11.8 Å². The van der Waals surface area contributed by atoms with Gasteiger partial charge in [0.25, 0.3) is 0 Å². The molecule has 1 rings (SSSR count). The van der Waals surface area contributed by atoms with Crippen molar-refractivity contribution in [2.75, 3.05) is 6.54 Å². The highest BCUT2D eigenvalue weighted by molar-refractivity contribution is 8.14. The average Bonchev–Trinajstić information content (AvgIpc) is 2.35. The molecule has 1 amide bonds. The molecular formula is C15H21NO3S. The number of amides is 1. The van der Waals surface area contributed by atoms with Crippen LogP contribution < -0.4 is 5.32 Å². The number of hydrogen-bond donors (Lipinski definition) is 1. The maximum absolute atomic E-state index is 11.6. The Balaban J connectivity index is 2.16. The summed E-state index contributed by atoms with van der Waals surface area (Å²) in [6.07, 6.45) is -0.190. The second kappa shape index (κ2) is 7.94. The van der Waals surface area contributed by atoms with Gasteiger partial charge >= 0.3 is 6.09 Å². The van der Waals surface area contributed by atoms with Gasteiger partial charge in [-0.2, -0.15) is 0 Å². The molecule has 1 aromatic rings. The molecule has 0 aliphatic rings. The van der Waals surface area contributed by atoms with Gasteiger partial charge in [-0.15, -0.1) is 0 Å². The Hall–Kier alpha value is -1.49. The molecular weight excluding hydrogens is 274 g/mol. The number of hydrogen-bond acceptors (Lipinski definition) is 4. The van der Waals surface area contributed by atoms with Crippen LogP contribution in [0.4, 0.5) is 4.79 Å². The maximum Gasteiger partial charge on any atom is 0.407 e. The van der Waals surface area contributed by atoms with Crippen LogP contribution in [0.25, 0.3) is 0 Å². The van der Waals surface area contributed by atoms with E-state index in [1.165, 1.54) is 11.8 Å². The van der Waals surface area contributed by atoms with Gasteiger partial charge < -0.3 is 10.1 Å². The Morgan fingerprint density at radius 2 is 1.85 bits per heavy atom. The van der Waals surface area contributed by atoms with Crippen molar-refractivity contribution in [3.8, 4) is 0 Å². The molecule has 0 unspecified atom stereocenters. The fourth-order valence-corrected chi connectivity index (χ4v) is 2.32. The Morgan fingerprint density at radius 1 is 1.20 bits per heavy atom. The van der Waals surface area contributed by atoms with Crippen LogP contribution in [-0.2, 0) is 16.1 Å². The van der Waals surface area contributed by atoms with Gasteiger partial charge in [-0.25, -0.2) is 4.79 Å². The number of carbonyl (C=O) groups is 2. The smallest absolute Gasteiger partial charge is 0.407 e. The molecule has 0 aliphatic heterocycles. The molecule has 0 heterocycles. The van der Waals surface area contributed by atoms with E-state index in [1.807, 2.05) is 51.1 Å². The van der Waals surface area contributed by atoms with Gasteiger partial charge in [0.2, 0.25) is 0 Å². The van der Waals surface area contributed by atoms with E-state index in [0.29, 0.717) is 13.0 Å². The standard InChI is InChI=1S/C15H21NO3S/c1-15(2,3)20-13(17)9-10-16-14(18)19-11-12-7-5-4-6-8-12/h4-8H,9-11H2,1-3H3,(H,16,18). The van der Waals surface area contributed by atoms with E-state index in [-0.39, 0.29) is 16.5 Å². The Kier molecular flexibility index (Phi) is 6.58. The zero-order valence-electron chi connectivity index (χ0n) is 12.1. The highest BCUT2D eigenvalue weighted by Gasteiger charge is 2.16. The van der Waals surface area contributed by atoms with Crippen LogP contribution in [0, 0.1) is 0 Å². The van der Waals surface area contributed by atoms with Gasteiger partial charge in [0.1, 0.15) is 6.61 Å². The van der Waals surface area contributed by atoms with Crippen molar-refractivity contribution >= 4 is 23.0 Å². The van der Waals surface area contributed by atoms with Gasteiger partial charge in [0.15, 0.2) is 5.12 Å². The summed E-state index contributed by atoms with van der Waals surface area (Å²) in [5.41, 5.74) is 0.932. The molecule has 0 spiro atoms. The summed E-state index contributed by atoms with van der Waals surface area (Å²) in [5.74, 6) is 0. The lowest BCUT2D eigenvalue weighted by atomic mass is 10.2. The second-order valence-electron chi connectivity index (χ2n) is 5.32. The van der Waals surface area contributed by atoms with Gasteiger partial charge in [-0.3, -0.25) is 4.79 Å². The van der Waals surface area contributed by atoms with Crippen molar-refractivity contribution in [1.82, 2.24) is 5.32 Å². The molecule has 0 aliphatic carbocycles. The van der Waals surface area contributed by atoms with Crippen molar-refractivity contribution in [2.24, 2.45) is 0 Å². The fourth-order valence-electron chi connectivity index (χ4n) is 1.43. The second-order valence-corrected chi connectivity index (χ2v) is 7.21. The third-order valence-corrected chi connectivity index (χ3v) is 3.28. The summed E-state index contributed by atoms with van der Waals surface area (Å²) in [6, 6.07) is 9.45. The molecule has 0 radical (unpaired) electrons. The van der Waals surface area contributed by atoms with Crippen LogP contribution in [0.1, 0.15) is 32.8 Å². The van der Waals surface area contributed by atoms with Gasteiger partial charge in [0, 0.05) is 17.7 Å². The average molecular weight is 295 g/mol. The van der Waals surface area contributed by atoms with Crippen LogP contribution in [0.3, 0.4) is 0 Å². The first kappa shape index (κ1) is 16.6. The SMILES string of the molecule is CC(C)(C)SC(=O)CCNC(=O)OCc1ccccc1. The van der Waals surface area contributed by atoms with Crippen molar-refractivity contribution in [3.63, 3.8) is 0 Å². The molecule has 1 N–H and O–H groups in total. The first-order chi connectivity index (χ1) is 9.37. The lowest BCUT2D eigenvalue weighted by Crippen LogP contribution is -2.26. The summed E-state index contributed by atoms with van der Waals surface area (Å²) in [5, 5.41) is 2.64. The zero-order chi connectivity index (χ0) is 15.0. The van der Waals surface area contributed by atoms with Crippen molar-refractivity contribution in [3.05, 3.63) is 35.9 Å². The monoisotopic (exact) mass is 295 g/mol. The van der Waals surface area contributed by atoms with Gasteiger partial charge in [-0.1, -0.05) is 62.9 Å². The van der Waals surface area contributed by atoms with E-state index >= 15 is 0 Å². The van der Waals surface area contributed by atoms with Crippen molar-refractivity contribution in [2.45, 2.75) is 38.5 Å². The highest BCUT2D eigenvalue weighted by Crippen LogP contribution is 2.24. The predicted molar refractivity (Wildman–Crippen MR) is 81.6 cm³/mol. The minimum atomic E-state index is -0.498. The fraction of sp³-hybridized carbons (Fsp3) is 0.467. The third-order valence-electron chi connectivity index (χ3n) is 2.23. The third kappa shape index (κ3) is 7.84. The van der Waals surface area contributed by atoms with Gasteiger partial charge in [-0.05, 0) is 5.56 Å². The quantitative estimate of drug-likeness (QED) is 0.905. The van der Waals surface area contributed by atoms with E-state index in [2.05, 4.69) is 5.32 Å². The number of carbonyl (C=O) groups excluding carboxylic acids is 2. The Labute approximate surface area is 124 Å². The molecule has 0 fully saturated rings. The predicted octanol–water partition coefficient (Wildman–Crippen LogP) is 3.36. The summed E-state index contributed by atoms with van der Waals surface area (Å²) in [7, 11) is 0. The van der Waals surface area contributed by atoms with Crippen LogP contribution in [0.5, 0.6) is 0 Å². The molecule has 5 heteroatoms. The molecule has 20 heavy (non-hydrogen) atoms. The summed E-state index contributed by atoms with van der Waals surface area (Å²) in [4.78, 5) is 23.0. The summed E-state index contributed by atoms with van der Waals surface area (Å²) < 4.78 is 4.95. The molecule has 1 aromatic carbocycles. The lowest BCUT2D eigenvalue weighted by molar-refractivity contribution is -0.110. The first-order valence-electron chi connectivity index (χ1n) is 6.53. The van der Waals surface area contributed by atoms with E-state index < -0.39 is 6.09 Å². The van der Waals surface area contributed by atoms with E-state index in [0.717, 1.165) is 5.56 Å². The Bertz CT molecular complexity index is 440. The molecule has 110 valence electrons. The minimum absolute atomic E-state index is 0.0702. The molecule has 0 atom stereocenters. The molecule has 0 saturated heterocycles. The molecule has 0 bridgehead atoms. The number of alkyl carbamates (subject to hydrolysis) is 1. The van der Waals surface area contributed by atoms with E-state index in [1.54, 1.807) is 0 Å². The zero-order valence-corrected chi connectivity index (χ0v) is 13.0. The topological polar surface area (TPSA) is 55.4 Å². The first-order valence-corrected chi connectivity index (χ1v) is 7.35. The number of rotatable bonds is 5. The molecule has 4 nitrogen and oxygen atoms in total. The summed E-state index contributed by atoms with van der Waals surface area (Å²) >= 11 is 1.29. The highest BCUT2D eigenvalue weighted by atomic mass is 32.2. The molecule has 0 aromatic heterocycles. The van der Waals surface area contributed by atoms with Crippen LogP contribution in [0.15, 0.2) is 30.3 Å². The number of nitrogens with one attached hydrogen (secondary N) is 1. The number of benzene rings is 1. The number of thioether (sulfide) groups is 1. The largest absolute Gasteiger partial charge is 0.445 e. The number of ether oxygens (including phenoxy) is 1. The van der Waals surface area contributed by atoms with Gasteiger partial charge in [0.05, 0.1) is 0 Å². The minimum Gasteiger partial charge on any atom is -0.445 e. The van der Waals surface area contributed by atoms with E-state index in [9.17, 15) is 9.59 Å². The van der Waals surface area contributed by atoms with Crippen LogP contribution in [-0.4, -0.2) is 22.5 Å². The van der Waals surface area contributed by atoms with E-state index in [4.69, 9.17) is 4.74 Å².